The van der Waals surface area contributed by atoms with Crippen molar-refractivity contribution in [1.82, 2.24) is 5.32 Å². The summed E-state index contributed by atoms with van der Waals surface area (Å²) in [6.45, 7) is 5.21. The highest BCUT2D eigenvalue weighted by Crippen LogP contribution is 2.44. The van der Waals surface area contributed by atoms with E-state index in [1.165, 1.54) is 18.9 Å². The number of phenolic OH excluding ortho intramolecular Hbond substituents is 1. The Morgan fingerprint density at radius 2 is 1.78 bits per heavy atom. The molecule has 1 aliphatic carbocycles. The highest BCUT2D eigenvalue weighted by molar-refractivity contribution is 8.00. The van der Waals surface area contributed by atoms with Crippen LogP contribution in [0.3, 0.4) is 0 Å². The Morgan fingerprint density at radius 3 is 2.52 bits per heavy atom. The minimum atomic E-state index is -0.959. The maximum atomic E-state index is 13.2. The van der Waals surface area contributed by atoms with Gasteiger partial charge in [-0.1, -0.05) is 55.5 Å². The number of methoxy groups -OCH3 is 1. The van der Waals surface area contributed by atoms with E-state index in [0.717, 1.165) is 24.2 Å². The number of hydrogen-bond donors (Lipinski definition) is 5. The summed E-state index contributed by atoms with van der Waals surface area (Å²) in [4.78, 5) is 51.9. The second-order valence-electron chi connectivity index (χ2n) is 12.9. The molecule has 3 amide bonds. The molecule has 0 saturated carbocycles. The molecule has 0 radical (unpaired) electrons. The second kappa shape index (κ2) is 18.7. The van der Waals surface area contributed by atoms with E-state index < -0.39 is 36.2 Å². The zero-order chi connectivity index (χ0) is 36.2. The van der Waals surface area contributed by atoms with Gasteiger partial charge in [-0.3, -0.25) is 14.4 Å². The Labute approximate surface area is 298 Å². The van der Waals surface area contributed by atoms with E-state index in [2.05, 4.69) is 16.0 Å². The largest absolute Gasteiger partial charge is 0.505 e. The van der Waals surface area contributed by atoms with Crippen molar-refractivity contribution in [2.45, 2.75) is 101 Å². The number of nitrogens with one attached hydrogen (secondary N) is 3. The van der Waals surface area contributed by atoms with Gasteiger partial charge in [0.15, 0.2) is 0 Å². The van der Waals surface area contributed by atoms with Crippen LogP contribution in [-0.2, 0) is 35.1 Å². The SMILES string of the molecule is COC1/C=C/C=C/C=C/CC(OC(=O)C(C)NC(=O)C2=CCCCC2)C(C)C(O)/C(C)=C\CCc2c(O)c(cc3c2SCC(=O)N3)NC(=O)C1. The molecule has 0 saturated heterocycles. The molecule has 5 unspecified atom stereocenters. The van der Waals surface area contributed by atoms with Gasteiger partial charge in [0.2, 0.25) is 17.7 Å². The maximum Gasteiger partial charge on any atom is 0.328 e. The average molecular weight is 708 g/mol. The average Bonchev–Trinajstić information content (AvgIpc) is 3.10. The predicted molar refractivity (Wildman–Crippen MR) is 195 cm³/mol. The van der Waals surface area contributed by atoms with Crippen LogP contribution in [0.5, 0.6) is 5.75 Å². The van der Waals surface area contributed by atoms with Crippen molar-refractivity contribution in [1.29, 1.82) is 0 Å². The molecule has 4 rings (SSSR count). The monoisotopic (exact) mass is 707 g/mol. The van der Waals surface area contributed by atoms with Gasteiger partial charge >= 0.3 is 5.97 Å². The van der Waals surface area contributed by atoms with Gasteiger partial charge in [0.25, 0.3) is 0 Å². The highest BCUT2D eigenvalue weighted by atomic mass is 32.2. The van der Waals surface area contributed by atoms with E-state index >= 15 is 0 Å². The lowest BCUT2D eigenvalue weighted by molar-refractivity contribution is -0.156. The third-order valence-electron chi connectivity index (χ3n) is 9.06. The summed E-state index contributed by atoms with van der Waals surface area (Å²) in [5, 5.41) is 31.1. The molecule has 1 aromatic rings. The lowest BCUT2D eigenvalue weighted by Crippen LogP contribution is -2.43. The minimum Gasteiger partial charge on any atom is -0.505 e. The van der Waals surface area contributed by atoms with Crippen LogP contribution in [0, 0.1) is 5.92 Å². The van der Waals surface area contributed by atoms with Crippen molar-refractivity contribution in [2.24, 2.45) is 5.92 Å². The highest BCUT2D eigenvalue weighted by Gasteiger charge is 2.31. The van der Waals surface area contributed by atoms with Gasteiger partial charge in [-0.2, -0.15) is 0 Å². The summed E-state index contributed by atoms with van der Waals surface area (Å²) in [7, 11) is 1.50. The molecule has 5 N–H and O–H groups in total. The van der Waals surface area contributed by atoms with Crippen LogP contribution in [0.1, 0.15) is 71.3 Å². The smallest absolute Gasteiger partial charge is 0.328 e. The van der Waals surface area contributed by atoms with Gasteiger partial charge in [0.05, 0.1) is 35.8 Å². The van der Waals surface area contributed by atoms with Crippen molar-refractivity contribution in [3.8, 4) is 5.75 Å². The number of aliphatic hydroxyl groups is 1. The topological polar surface area (TPSA) is 163 Å². The van der Waals surface area contributed by atoms with Gasteiger partial charge < -0.3 is 35.6 Å². The summed E-state index contributed by atoms with van der Waals surface area (Å²) >= 11 is 1.32. The molecule has 1 aromatic carbocycles. The zero-order valence-electron chi connectivity index (χ0n) is 29.2. The third kappa shape index (κ3) is 10.7. The number of aromatic hydroxyl groups is 1. The standard InChI is InChI=1S/C38H49N3O8S/c1-23-14-13-18-28-35(45)29(21-30-36(28)50-22-33(43)41-30)40-32(42)20-27(48-4)17-11-6-5-7-12-19-31(24(2)34(23)44)49-38(47)25(3)39-37(46)26-15-9-8-10-16-26/h5-7,11-12,14-15,17,21,24-25,27,31,34,44-45H,8-10,13,16,18-20,22H2,1-4H3,(H,39,46)(H,40,42)(H,41,43)/b6-5+,12-7+,17-11+,23-14-. The fraction of sp³-hybridized carbons (Fsp3) is 0.474. The van der Waals surface area contributed by atoms with Gasteiger partial charge in [0, 0.05) is 35.5 Å². The number of carbonyl (C=O) groups is 4. The van der Waals surface area contributed by atoms with Crippen molar-refractivity contribution in [3.05, 3.63) is 71.4 Å². The number of hydrogen-bond acceptors (Lipinski definition) is 9. The lowest BCUT2D eigenvalue weighted by atomic mass is 9.90. The maximum absolute atomic E-state index is 13.2. The number of benzene rings is 1. The first-order valence-electron chi connectivity index (χ1n) is 17.2. The normalized spacial score (nSPS) is 27.3. The molecular weight excluding hydrogens is 658 g/mol. The van der Waals surface area contributed by atoms with Crippen molar-refractivity contribution >= 4 is 46.8 Å². The Morgan fingerprint density at radius 1 is 1.02 bits per heavy atom. The Kier molecular flexibility index (Phi) is 14.5. The van der Waals surface area contributed by atoms with Gasteiger partial charge in [0.1, 0.15) is 17.9 Å². The molecular formula is C38H49N3O8S. The third-order valence-corrected chi connectivity index (χ3v) is 10.2. The number of ether oxygens (including phenoxy) is 2. The van der Waals surface area contributed by atoms with E-state index in [-0.39, 0.29) is 41.3 Å². The molecule has 0 fully saturated rings. The van der Waals surface area contributed by atoms with Crippen LogP contribution >= 0.6 is 11.8 Å². The van der Waals surface area contributed by atoms with Crippen LogP contribution < -0.4 is 16.0 Å². The van der Waals surface area contributed by atoms with Gasteiger partial charge in [-0.25, -0.2) is 4.79 Å². The summed E-state index contributed by atoms with van der Waals surface area (Å²) < 4.78 is 11.4. The van der Waals surface area contributed by atoms with Crippen molar-refractivity contribution in [2.75, 3.05) is 23.5 Å². The summed E-state index contributed by atoms with van der Waals surface area (Å²) in [5.41, 5.74) is 2.61. The molecule has 50 heavy (non-hydrogen) atoms. The van der Waals surface area contributed by atoms with Crippen molar-refractivity contribution in [3.63, 3.8) is 0 Å². The number of thioether (sulfide) groups is 1. The molecule has 2 aliphatic heterocycles. The number of rotatable bonds is 5. The second-order valence-corrected chi connectivity index (χ2v) is 13.8. The van der Waals surface area contributed by atoms with Crippen molar-refractivity contribution < 1.29 is 38.9 Å². The quantitative estimate of drug-likeness (QED) is 0.113. The summed E-state index contributed by atoms with van der Waals surface area (Å²) in [5.74, 6) is -1.80. The molecule has 270 valence electrons. The Bertz CT molecular complexity index is 1580. The molecule has 5 atom stereocenters. The van der Waals surface area contributed by atoms with Crippen LogP contribution in [-0.4, -0.2) is 71.1 Å². The lowest BCUT2D eigenvalue weighted by Gasteiger charge is -2.29. The van der Waals surface area contributed by atoms with Crippen LogP contribution in [0.2, 0.25) is 0 Å². The van der Waals surface area contributed by atoms with E-state index in [1.807, 2.05) is 25.2 Å². The van der Waals surface area contributed by atoms with E-state index in [1.54, 1.807) is 50.3 Å². The summed E-state index contributed by atoms with van der Waals surface area (Å²) in [6.07, 6.45) is 16.9. The van der Waals surface area contributed by atoms with Crippen LogP contribution in [0.25, 0.3) is 0 Å². The number of esters is 1. The van der Waals surface area contributed by atoms with E-state index in [9.17, 15) is 29.4 Å². The molecule has 2 bridgehead atoms. The fourth-order valence-corrected chi connectivity index (χ4v) is 7.02. The molecule has 11 nitrogen and oxygen atoms in total. The predicted octanol–water partition coefficient (Wildman–Crippen LogP) is 5.65. The number of amides is 3. The number of carbonyl (C=O) groups excluding carboxylic acids is 4. The number of phenols is 1. The molecule has 0 aromatic heterocycles. The van der Waals surface area contributed by atoms with E-state index in [4.69, 9.17) is 9.47 Å². The Hall–Kier alpha value is -4.13. The first kappa shape index (κ1) is 38.7. The fourth-order valence-electron chi connectivity index (χ4n) is 6.04. The van der Waals surface area contributed by atoms with Gasteiger partial charge in [-0.05, 0) is 64.0 Å². The first-order chi connectivity index (χ1) is 24.0. The first-order valence-corrected chi connectivity index (χ1v) is 18.2. The van der Waals surface area contributed by atoms with E-state index in [0.29, 0.717) is 48.1 Å². The zero-order valence-corrected chi connectivity index (χ0v) is 30.0. The van der Waals surface area contributed by atoms with Crippen LogP contribution in [0.4, 0.5) is 11.4 Å². The molecule has 2 heterocycles. The minimum absolute atomic E-state index is 0.00905. The molecule has 0 spiro atoms. The number of fused-ring (bicyclic) bond motifs is 4. The molecule has 12 heteroatoms. The Balaban J connectivity index is 1.59. The van der Waals surface area contributed by atoms with Gasteiger partial charge in [-0.15, -0.1) is 11.8 Å². The van der Waals surface area contributed by atoms with Crippen LogP contribution in [0.15, 0.2) is 70.7 Å². The number of allylic oxidation sites excluding steroid dienone is 6. The number of aliphatic hydroxyl groups excluding tert-OH is 1. The summed E-state index contributed by atoms with van der Waals surface area (Å²) in [6, 6.07) is 0.684. The molecule has 3 aliphatic rings. The number of anilines is 2.